The Balaban J connectivity index is 0.00000261. The molecule has 3 rings (SSSR count). The van der Waals surface area contributed by atoms with Crippen LogP contribution >= 0.6 is 24.0 Å². The Morgan fingerprint density at radius 3 is 2.56 bits per heavy atom. The predicted molar refractivity (Wildman–Crippen MR) is 122 cm³/mol. The zero-order valence-corrected chi connectivity index (χ0v) is 18.9. The molecule has 1 atom stereocenters. The molecule has 0 aromatic heterocycles. The number of halogens is 1. The van der Waals surface area contributed by atoms with E-state index in [-0.39, 0.29) is 36.4 Å². The number of hydrogen-bond acceptors (Lipinski definition) is 2. The van der Waals surface area contributed by atoms with Gasteiger partial charge in [-0.05, 0) is 37.2 Å². The first-order chi connectivity index (χ1) is 12.6. The van der Waals surface area contributed by atoms with Crippen molar-refractivity contribution in [2.45, 2.75) is 44.6 Å². The molecule has 1 saturated carbocycles. The number of nitrogens with one attached hydrogen (secondary N) is 1. The summed E-state index contributed by atoms with van der Waals surface area (Å²) in [4.78, 5) is 20.6. The zero-order chi connectivity index (χ0) is 18.4. The van der Waals surface area contributed by atoms with Gasteiger partial charge in [-0.25, -0.2) is 4.99 Å². The lowest BCUT2D eigenvalue weighted by molar-refractivity contribution is -0.127. The van der Waals surface area contributed by atoms with Gasteiger partial charge in [-0.15, -0.1) is 24.0 Å². The maximum absolute atomic E-state index is 12.0. The SMILES string of the molecule is CN(C)C(=O)CN=C(NC1CCCC1)N1CCC(Cc2ccccc2)C1.I. The van der Waals surface area contributed by atoms with Crippen molar-refractivity contribution in [2.75, 3.05) is 33.7 Å². The molecule has 2 aliphatic rings. The van der Waals surface area contributed by atoms with E-state index in [1.54, 1.807) is 19.0 Å². The van der Waals surface area contributed by atoms with Crippen molar-refractivity contribution in [3.8, 4) is 0 Å². The van der Waals surface area contributed by atoms with Crippen molar-refractivity contribution in [3.63, 3.8) is 0 Å². The number of amides is 1. The second-order valence-corrected chi connectivity index (χ2v) is 7.84. The number of likely N-dealkylation sites (tertiary alicyclic amines) is 1. The molecule has 2 fully saturated rings. The van der Waals surface area contributed by atoms with Gasteiger partial charge in [-0.2, -0.15) is 0 Å². The summed E-state index contributed by atoms with van der Waals surface area (Å²) in [6.45, 7) is 2.26. The first-order valence-electron chi connectivity index (χ1n) is 9.92. The summed E-state index contributed by atoms with van der Waals surface area (Å²) in [5.41, 5.74) is 1.41. The lowest BCUT2D eigenvalue weighted by atomic mass is 9.99. The molecule has 1 unspecified atom stereocenters. The molecule has 1 aromatic rings. The molecule has 1 saturated heterocycles. The highest BCUT2D eigenvalue weighted by atomic mass is 127. The van der Waals surface area contributed by atoms with Crippen LogP contribution in [0.3, 0.4) is 0 Å². The topological polar surface area (TPSA) is 47.9 Å². The number of nitrogens with zero attached hydrogens (tertiary/aromatic N) is 3. The summed E-state index contributed by atoms with van der Waals surface area (Å²) in [5.74, 6) is 1.64. The Kier molecular flexibility index (Phi) is 8.86. The van der Waals surface area contributed by atoms with E-state index in [2.05, 4.69) is 45.5 Å². The number of guanidine groups is 1. The third kappa shape index (κ3) is 6.66. The van der Waals surface area contributed by atoms with Gasteiger partial charge in [0, 0.05) is 33.2 Å². The van der Waals surface area contributed by atoms with Gasteiger partial charge in [-0.1, -0.05) is 43.2 Å². The standard InChI is InChI=1S/C21H32N4O.HI/c1-24(2)20(26)15-22-21(23-19-10-6-7-11-19)25-13-12-18(16-25)14-17-8-4-3-5-9-17;/h3-5,8-9,18-19H,6-7,10-16H2,1-2H3,(H,22,23);1H. The molecule has 1 aliphatic heterocycles. The number of carbonyl (C=O) groups excluding carboxylic acids is 1. The number of carbonyl (C=O) groups is 1. The van der Waals surface area contributed by atoms with Crippen LogP contribution in [0.1, 0.15) is 37.7 Å². The minimum Gasteiger partial charge on any atom is -0.353 e. The molecule has 5 nitrogen and oxygen atoms in total. The molecular formula is C21H33IN4O. The molecule has 1 amide bonds. The molecule has 6 heteroatoms. The van der Waals surface area contributed by atoms with E-state index in [1.807, 2.05) is 0 Å². The fourth-order valence-electron chi connectivity index (χ4n) is 3.91. The van der Waals surface area contributed by atoms with Crippen molar-refractivity contribution in [2.24, 2.45) is 10.9 Å². The number of likely N-dealkylation sites (N-methyl/N-ethyl adjacent to an activating group) is 1. The average molecular weight is 484 g/mol. The van der Waals surface area contributed by atoms with Gasteiger partial charge in [0.1, 0.15) is 6.54 Å². The monoisotopic (exact) mass is 484 g/mol. The summed E-state index contributed by atoms with van der Waals surface area (Å²) in [6, 6.07) is 11.2. The van der Waals surface area contributed by atoms with Crippen LogP contribution in [0.25, 0.3) is 0 Å². The van der Waals surface area contributed by atoms with E-state index in [4.69, 9.17) is 0 Å². The van der Waals surface area contributed by atoms with Gasteiger partial charge in [0.25, 0.3) is 0 Å². The second-order valence-electron chi connectivity index (χ2n) is 7.84. The zero-order valence-electron chi connectivity index (χ0n) is 16.6. The number of benzene rings is 1. The van der Waals surface area contributed by atoms with Crippen molar-refractivity contribution in [1.82, 2.24) is 15.1 Å². The third-order valence-corrected chi connectivity index (χ3v) is 5.50. The van der Waals surface area contributed by atoms with Crippen molar-refractivity contribution in [3.05, 3.63) is 35.9 Å². The first-order valence-corrected chi connectivity index (χ1v) is 9.92. The fraction of sp³-hybridized carbons (Fsp3) is 0.619. The largest absolute Gasteiger partial charge is 0.353 e. The highest BCUT2D eigenvalue weighted by Gasteiger charge is 2.27. The van der Waals surface area contributed by atoms with Gasteiger partial charge in [0.15, 0.2) is 5.96 Å². The maximum atomic E-state index is 12.0. The van der Waals surface area contributed by atoms with E-state index < -0.39 is 0 Å². The van der Waals surface area contributed by atoms with Crippen LogP contribution in [0.15, 0.2) is 35.3 Å². The lowest BCUT2D eigenvalue weighted by Crippen LogP contribution is -2.45. The second kappa shape index (κ2) is 10.9. The average Bonchev–Trinajstić information content (AvgIpc) is 3.31. The summed E-state index contributed by atoms with van der Waals surface area (Å²) in [7, 11) is 3.57. The van der Waals surface area contributed by atoms with Crippen LogP contribution < -0.4 is 5.32 Å². The van der Waals surface area contributed by atoms with Crippen LogP contribution in [-0.2, 0) is 11.2 Å². The Hall–Kier alpha value is -1.31. The van der Waals surface area contributed by atoms with E-state index in [0.717, 1.165) is 25.5 Å². The van der Waals surface area contributed by atoms with Crippen LogP contribution in [0.4, 0.5) is 0 Å². The van der Waals surface area contributed by atoms with Crippen LogP contribution in [0.5, 0.6) is 0 Å². The third-order valence-electron chi connectivity index (χ3n) is 5.50. The predicted octanol–water partition coefficient (Wildman–Crippen LogP) is 3.15. The fourth-order valence-corrected chi connectivity index (χ4v) is 3.91. The molecular weight excluding hydrogens is 451 g/mol. The van der Waals surface area contributed by atoms with Crippen molar-refractivity contribution >= 4 is 35.8 Å². The smallest absolute Gasteiger partial charge is 0.243 e. The van der Waals surface area contributed by atoms with Crippen molar-refractivity contribution in [1.29, 1.82) is 0 Å². The van der Waals surface area contributed by atoms with Gasteiger partial charge >= 0.3 is 0 Å². The van der Waals surface area contributed by atoms with Crippen molar-refractivity contribution < 1.29 is 4.79 Å². The highest BCUT2D eigenvalue weighted by Crippen LogP contribution is 2.22. The Bertz CT molecular complexity index is 614. The maximum Gasteiger partial charge on any atom is 0.243 e. The highest BCUT2D eigenvalue weighted by molar-refractivity contribution is 14.0. The molecule has 1 aromatic carbocycles. The molecule has 1 heterocycles. The normalized spacial score (nSPS) is 20.4. The number of hydrogen-bond donors (Lipinski definition) is 1. The Morgan fingerprint density at radius 1 is 1.19 bits per heavy atom. The summed E-state index contributed by atoms with van der Waals surface area (Å²) in [5, 5.41) is 3.64. The van der Waals surface area contributed by atoms with Gasteiger partial charge in [0.05, 0.1) is 0 Å². The lowest BCUT2D eigenvalue weighted by Gasteiger charge is -2.25. The summed E-state index contributed by atoms with van der Waals surface area (Å²) >= 11 is 0. The summed E-state index contributed by atoms with van der Waals surface area (Å²) in [6.07, 6.45) is 7.30. The van der Waals surface area contributed by atoms with Crippen LogP contribution in [0, 0.1) is 5.92 Å². The molecule has 0 bridgehead atoms. The minimum atomic E-state index is 0. The molecule has 0 spiro atoms. The Labute approximate surface area is 180 Å². The van der Waals surface area contributed by atoms with E-state index in [1.165, 1.54) is 37.7 Å². The molecule has 1 N–H and O–H groups in total. The van der Waals surface area contributed by atoms with Crippen LogP contribution in [-0.4, -0.2) is 61.4 Å². The molecule has 27 heavy (non-hydrogen) atoms. The molecule has 1 aliphatic carbocycles. The van der Waals surface area contributed by atoms with Gasteiger partial charge in [-0.3, -0.25) is 4.79 Å². The Morgan fingerprint density at radius 2 is 1.89 bits per heavy atom. The minimum absolute atomic E-state index is 0. The quantitative estimate of drug-likeness (QED) is 0.397. The number of aliphatic imine (C=N–C) groups is 1. The molecule has 150 valence electrons. The van der Waals surface area contributed by atoms with Crippen LogP contribution in [0.2, 0.25) is 0 Å². The van der Waals surface area contributed by atoms with E-state index in [0.29, 0.717) is 12.0 Å². The van der Waals surface area contributed by atoms with E-state index >= 15 is 0 Å². The van der Waals surface area contributed by atoms with E-state index in [9.17, 15) is 4.79 Å². The first kappa shape index (κ1) is 22.0. The summed E-state index contributed by atoms with van der Waals surface area (Å²) < 4.78 is 0. The van der Waals surface area contributed by atoms with Gasteiger partial charge in [0.2, 0.25) is 5.91 Å². The number of rotatable bonds is 5. The van der Waals surface area contributed by atoms with Gasteiger partial charge < -0.3 is 15.1 Å². The molecule has 0 radical (unpaired) electrons.